The summed E-state index contributed by atoms with van der Waals surface area (Å²) in [5.74, 6) is -0.476. The minimum absolute atomic E-state index is 0.175. The fraction of sp³-hybridized carbons (Fsp3) is 0.950. The SMILES string of the molecule is CCCCCCOCC(COCCCC)C(=O)OCCCCCCBr. The van der Waals surface area contributed by atoms with Gasteiger partial charge in [0.1, 0.15) is 5.92 Å². The summed E-state index contributed by atoms with van der Waals surface area (Å²) in [4.78, 5) is 12.3. The lowest BCUT2D eigenvalue weighted by molar-refractivity contribution is -0.153. The molecule has 0 aromatic carbocycles. The lowest BCUT2D eigenvalue weighted by atomic mass is 10.1. The van der Waals surface area contributed by atoms with E-state index in [-0.39, 0.29) is 11.9 Å². The zero-order valence-electron chi connectivity index (χ0n) is 16.4. The Morgan fingerprint density at radius 3 is 1.96 bits per heavy atom. The van der Waals surface area contributed by atoms with Gasteiger partial charge in [-0.3, -0.25) is 4.79 Å². The first-order valence-electron chi connectivity index (χ1n) is 10.1. The molecule has 0 saturated heterocycles. The van der Waals surface area contributed by atoms with E-state index in [2.05, 4.69) is 29.8 Å². The quantitative estimate of drug-likeness (QED) is 0.156. The first-order valence-corrected chi connectivity index (χ1v) is 11.3. The Morgan fingerprint density at radius 1 is 0.760 bits per heavy atom. The molecule has 4 nitrogen and oxygen atoms in total. The Balaban J connectivity index is 3.97. The minimum atomic E-state index is -0.300. The molecule has 1 atom stereocenters. The molecule has 0 aliphatic carbocycles. The lowest BCUT2D eigenvalue weighted by Gasteiger charge is -2.16. The van der Waals surface area contributed by atoms with Gasteiger partial charge < -0.3 is 14.2 Å². The van der Waals surface area contributed by atoms with Gasteiger partial charge in [0.05, 0.1) is 19.8 Å². The van der Waals surface area contributed by atoms with E-state index in [1.54, 1.807) is 0 Å². The summed E-state index contributed by atoms with van der Waals surface area (Å²) >= 11 is 3.43. The maximum Gasteiger partial charge on any atom is 0.313 e. The number of rotatable bonds is 19. The van der Waals surface area contributed by atoms with Crippen molar-refractivity contribution >= 4 is 21.9 Å². The predicted molar refractivity (Wildman–Crippen MR) is 107 cm³/mol. The molecule has 25 heavy (non-hydrogen) atoms. The monoisotopic (exact) mass is 422 g/mol. The topological polar surface area (TPSA) is 44.8 Å². The van der Waals surface area contributed by atoms with E-state index in [1.807, 2.05) is 0 Å². The van der Waals surface area contributed by atoms with Crippen molar-refractivity contribution < 1.29 is 19.0 Å². The van der Waals surface area contributed by atoms with Crippen LogP contribution in [-0.2, 0) is 19.0 Å². The third kappa shape index (κ3) is 17.1. The van der Waals surface area contributed by atoms with Crippen LogP contribution < -0.4 is 0 Å². The number of carbonyl (C=O) groups is 1. The third-order valence-electron chi connectivity index (χ3n) is 4.03. The second-order valence-corrected chi connectivity index (χ2v) is 7.32. The van der Waals surface area contributed by atoms with Crippen molar-refractivity contribution in [2.24, 2.45) is 5.92 Å². The van der Waals surface area contributed by atoms with Gasteiger partial charge in [-0.05, 0) is 25.7 Å². The van der Waals surface area contributed by atoms with Gasteiger partial charge in [-0.2, -0.15) is 0 Å². The number of ether oxygens (including phenoxy) is 3. The molecule has 0 N–H and O–H groups in total. The van der Waals surface area contributed by atoms with Crippen LogP contribution in [0, 0.1) is 5.92 Å². The average Bonchev–Trinajstić information content (AvgIpc) is 2.62. The number of alkyl halides is 1. The zero-order chi connectivity index (χ0) is 18.6. The summed E-state index contributed by atoms with van der Waals surface area (Å²) in [6.45, 7) is 7.04. The molecule has 5 heteroatoms. The summed E-state index contributed by atoms with van der Waals surface area (Å²) in [7, 11) is 0. The molecule has 150 valence electrons. The van der Waals surface area contributed by atoms with E-state index >= 15 is 0 Å². The second kappa shape index (κ2) is 20.2. The highest BCUT2D eigenvalue weighted by atomic mass is 79.9. The van der Waals surface area contributed by atoms with Crippen LogP contribution in [0.1, 0.15) is 78.1 Å². The number of esters is 1. The van der Waals surface area contributed by atoms with E-state index in [0.29, 0.717) is 33.0 Å². The maximum atomic E-state index is 12.3. The van der Waals surface area contributed by atoms with Crippen molar-refractivity contribution in [2.75, 3.05) is 38.4 Å². The number of hydrogen-bond acceptors (Lipinski definition) is 4. The van der Waals surface area contributed by atoms with Gasteiger partial charge >= 0.3 is 5.97 Å². The molecule has 0 bridgehead atoms. The third-order valence-corrected chi connectivity index (χ3v) is 4.59. The van der Waals surface area contributed by atoms with Crippen LogP contribution in [0.25, 0.3) is 0 Å². The molecular weight excluding hydrogens is 384 g/mol. The molecule has 0 aliphatic heterocycles. The summed E-state index contributed by atoms with van der Waals surface area (Å²) in [5.41, 5.74) is 0. The fourth-order valence-corrected chi connectivity index (χ4v) is 2.75. The Hall–Kier alpha value is -0.130. The summed E-state index contributed by atoms with van der Waals surface area (Å²) < 4.78 is 16.7. The van der Waals surface area contributed by atoms with Crippen LogP contribution in [0.4, 0.5) is 0 Å². The Bertz CT molecular complexity index is 287. The van der Waals surface area contributed by atoms with Crippen LogP contribution in [0.2, 0.25) is 0 Å². The molecule has 0 amide bonds. The molecule has 0 aliphatic rings. The molecule has 0 aromatic heterocycles. The van der Waals surface area contributed by atoms with Crippen molar-refractivity contribution in [3.8, 4) is 0 Å². The van der Waals surface area contributed by atoms with Gasteiger partial charge in [-0.25, -0.2) is 0 Å². The molecule has 0 aromatic rings. The van der Waals surface area contributed by atoms with E-state index < -0.39 is 0 Å². The number of unbranched alkanes of at least 4 members (excludes halogenated alkanes) is 7. The summed E-state index contributed by atoms with van der Waals surface area (Å²) in [5, 5.41) is 1.04. The van der Waals surface area contributed by atoms with Gasteiger partial charge in [0.25, 0.3) is 0 Å². The van der Waals surface area contributed by atoms with Crippen molar-refractivity contribution in [3.63, 3.8) is 0 Å². The number of halogens is 1. The van der Waals surface area contributed by atoms with Gasteiger partial charge in [-0.15, -0.1) is 0 Å². The highest BCUT2D eigenvalue weighted by Crippen LogP contribution is 2.08. The number of hydrogen-bond donors (Lipinski definition) is 0. The van der Waals surface area contributed by atoms with Crippen LogP contribution in [0.5, 0.6) is 0 Å². The fourth-order valence-electron chi connectivity index (χ4n) is 2.35. The van der Waals surface area contributed by atoms with Crippen molar-refractivity contribution in [1.82, 2.24) is 0 Å². The second-order valence-electron chi connectivity index (χ2n) is 6.53. The average molecular weight is 423 g/mol. The molecule has 0 spiro atoms. The van der Waals surface area contributed by atoms with E-state index in [9.17, 15) is 4.79 Å². The molecule has 0 fully saturated rings. The highest BCUT2D eigenvalue weighted by Gasteiger charge is 2.20. The zero-order valence-corrected chi connectivity index (χ0v) is 18.0. The van der Waals surface area contributed by atoms with Crippen LogP contribution in [-0.4, -0.2) is 44.3 Å². The molecular formula is C20H39BrO4. The Kier molecular flexibility index (Phi) is 20.1. The van der Waals surface area contributed by atoms with Crippen molar-refractivity contribution in [1.29, 1.82) is 0 Å². The molecule has 1 unspecified atom stereocenters. The highest BCUT2D eigenvalue weighted by molar-refractivity contribution is 9.09. The van der Waals surface area contributed by atoms with Gasteiger partial charge in [0.2, 0.25) is 0 Å². The molecule has 0 rings (SSSR count). The van der Waals surface area contributed by atoms with E-state index in [1.165, 1.54) is 32.1 Å². The lowest BCUT2D eigenvalue weighted by Crippen LogP contribution is -2.28. The maximum absolute atomic E-state index is 12.3. The first kappa shape index (κ1) is 24.9. The van der Waals surface area contributed by atoms with Crippen LogP contribution in [0.3, 0.4) is 0 Å². The molecule has 0 heterocycles. The summed E-state index contributed by atoms with van der Waals surface area (Å²) in [6.07, 6.45) is 11.2. The van der Waals surface area contributed by atoms with Gasteiger partial charge in [-0.1, -0.05) is 68.3 Å². The van der Waals surface area contributed by atoms with Crippen LogP contribution in [0.15, 0.2) is 0 Å². The van der Waals surface area contributed by atoms with Crippen molar-refractivity contribution in [2.45, 2.75) is 78.1 Å². The Morgan fingerprint density at radius 2 is 1.32 bits per heavy atom. The smallest absolute Gasteiger partial charge is 0.313 e. The Labute approximate surface area is 163 Å². The largest absolute Gasteiger partial charge is 0.465 e. The standard InChI is InChI=1S/C20H39BrO4/c1-3-5-7-11-15-24-18-19(17-23-14-6-4-2)20(22)25-16-12-9-8-10-13-21/h19H,3-18H2,1-2H3. The van der Waals surface area contributed by atoms with Crippen molar-refractivity contribution in [3.05, 3.63) is 0 Å². The predicted octanol–water partition coefficient (Wildman–Crippen LogP) is 5.51. The van der Waals surface area contributed by atoms with E-state index in [4.69, 9.17) is 14.2 Å². The number of carbonyl (C=O) groups excluding carboxylic acids is 1. The first-order chi connectivity index (χ1) is 12.3. The van der Waals surface area contributed by atoms with Gasteiger partial charge in [0, 0.05) is 18.5 Å². The normalized spacial score (nSPS) is 12.3. The van der Waals surface area contributed by atoms with Gasteiger partial charge in [0.15, 0.2) is 0 Å². The van der Waals surface area contributed by atoms with E-state index in [0.717, 1.165) is 37.4 Å². The molecule has 0 saturated carbocycles. The summed E-state index contributed by atoms with van der Waals surface area (Å²) in [6, 6.07) is 0. The minimum Gasteiger partial charge on any atom is -0.465 e. The van der Waals surface area contributed by atoms with Crippen LogP contribution >= 0.6 is 15.9 Å². The molecule has 0 radical (unpaired) electrons.